The Bertz CT molecular complexity index is 3500. The van der Waals surface area contributed by atoms with Crippen molar-refractivity contribution in [1.29, 1.82) is 0 Å². The molecular formula is C60H41BrN2. The van der Waals surface area contributed by atoms with Crippen molar-refractivity contribution in [1.82, 2.24) is 9.13 Å². The zero-order valence-corrected chi connectivity index (χ0v) is 36.0. The third kappa shape index (κ3) is 7.13. The highest BCUT2D eigenvalue weighted by Gasteiger charge is 2.18. The van der Waals surface area contributed by atoms with Crippen LogP contribution in [0.5, 0.6) is 0 Å². The Morgan fingerprint density at radius 3 is 0.984 bits per heavy atom. The van der Waals surface area contributed by atoms with Crippen LogP contribution in [0.2, 0.25) is 0 Å². The van der Waals surface area contributed by atoms with Crippen LogP contribution in [-0.4, -0.2) is 9.13 Å². The molecule has 0 amide bonds. The maximum Gasteiger partial charge on any atom is 0.0546 e. The highest BCUT2D eigenvalue weighted by Crippen LogP contribution is 2.40. The van der Waals surface area contributed by atoms with Gasteiger partial charge in [-0.1, -0.05) is 216 Å². The number of aromatic nitrogens is 2. The number of hydrogen-bond donors (Lipinski definition) is 0. The Morgan fingerprint density at radius 2 is 0.571 bits per heavy atom. The predicted molar refractivity (Wildman–Crippen MR) is 271 cm³/mol. The summed E-state index contributed by atoms with van der Waals surface area (Å²) < 4.78 is 5.92. The number of nitrogens with zero attached hydrogens (tertiary/aromatic N) is 2. The smallest absolute Gasteiger partial charge is 0.0546 e. The first-order valence-corrected chi connectivity index (χ1v) is 22.2. The fourth-order valence-electron chi connectivity index (χ4n) is 9.16. The molecule has 0 unspecified atom stereocenters. The second-order valence-electron chi connectivity index (χ2n) is 15.8. The van der Waals surface area contributed by atoms with E-state index in [0.717, 1.165) is 4.47 Å². The van der Waals surface area contributed by atoms with Crippen molar-refractivity contribution in [3.8, 4) is 55.9 Å². The van der Waals surface area contributed by atoms with Gasteiger partial charge in [0.25, 0.3) is 0 Å². The Kier molecular flexibility index (Phi) is 10.1. The number of halogens is 1. The topological polar surface area (TPSA) is 9.86 Å². The first kappa shape index (κ1) is 38.2. The maximum absolute atomic E-state index is 3.67. The number of benzene rings is 10. The highest BCUT2D eigenvalue weighted by molar-refractivity contribution is 9.10. The van der Waals surface area contributed by atoms with E-state index < -0.39 is 0 Å². The maximum atomic E-state index is 3.67. The number of fused-ring (bicyclic) bond motifs is 6. The largest absolute Gasteiger partial charge is 0.309 e. The van der Waals surface area contributed by atoms with Crippen LogP contribution in [-0.2, 0) is 0 Å². The van der Waals surface area contributed by atoms with E-state index in [0.29, 0.717) is 0 Å². The first-order valence-electron chi connectivity index (χ1n) is 21.4. The molecule has 0 spiro atoms. The van der Waals surface area contributed by atoms with Crippen LogP contribution in [0.25, 0.3) is 99.5 Å². The minimum absolute atomic E-state index is 1.09. The summed E-state index contributed by atoms with van der Waals surface area (Å²) in [6.07, 6.45) is 0. The molecule has 0 atom stereocenters. The molecule has 0 saturated carbocycles. The van der Waals surface area contributed by atoms with E-state index in [1.165, 1.54) is 99.5 Å². The molecule has 0 radical (unpaired) electrons. The minimum Gasteiger partial charge on any atom is -0.309 e. The Labute approximate surface area is 375 Å². The molecule has 0 aliphatic rings. The monoisotopic (exact) mass is 868 g/mol. The molecule has 63 heavy (non-hydrogen) atoms. The van der Waals surface area contributed by atoms with E-state index in [-0.39, 0.29) is 0 Å². The zero-order valence-electron chi connectivity index (χ0n) is 34.4. The zero-order chi connectivity index (χ0) is 42.1. The van der Waals surface area contributed by atoms with Crippen LogP contribution in [0.15, 0.2) is 253 Å². The van der Waals surface area contributed by atoms with Gasteiger partial charge in [-0.2, -0.15) is 0 Å². The van der Waals surface area contributed by atoms with Gasteiger partial charge in [-0.15, -0.1) is 0 Å². The van der Waals surface area contributed by atoms with Crippen molar-refractivity contribution in [2.75, 3.05) is 0 Å². The fourth-order valence-corrected chi connectivity index (χ4v) is 9.53. The van der Waals surface area contributed by atoms with Crippen LogP contribution in [0.4, 0.5) is 0 Å². The molecule has 0 fully saturated rings. The molecule has 2 heterocycles. The second kappa shape index (κ2) is 16.6. The Hall–Kier alpha value is -7.72. The molecule has 0 aliphatic carbocycles. The number of hydrogen-bond acceptors (Lipinski definition) is 0. The minimum atomic E-state index is 1.09. The molecule has 2 aromatic heterocycles. The van der Waals surface area contributed by atoms with Gasteiger partial charge in [0.15, 0.2) is 0 Å². The lowest BCUT2D eigenvalue weighted by Gasteiger charge is -2.16. The molecule has 2 nitrogen and oxygen atoms in total. The average molecular weight is 870 g/mol. The lowest BCUT2D eigenvalue weighted by molar-refractivity contribution is 1.18. The summed E-state index contributed by atoms with van der Waals surface area (Å²) in [6, 6.07) is 88.8. The molecular weight excluding hydrogens is 829 g/mol. The van der Waals surface area contributed by atoms with Crippen LogP contribution in [0.3, 0.4) is 0 Å². The van der Waals surface area contributed by atoms with Crippen LogP contribution >= 0.6 is 15.9 Å². The molecule has 0 saturated heterocycles. The second-order valence-corrected chi connectivity index (χ2v) is 16.7. The molecule has 3 heteroatoms. The Morgan fingerprint density at radius 1 is 0.238 bits per heavy atom. The van der Waals surface area contributed by atoms with Crippen LogP contribution < -0.4 is 0 Å². The van der Waals surface area contributed by atoms with Gasteiger partial charge in [-0.3, -0.25) is 0 Å². The molecule has 12 rings (SSSR count). The Balaban J connectivity index is 0.000000141. The highest BCUT2D eigenvalue weighted by atomic mass is 79.9. The van der Waals surface area contributed by atoms with Gasteiger partial charge in [-0.25, -0.2) is 0 Å². The standard InChI is InChI=1S/C30H20BrN.C30H21N/c31-24-16-18-29-27(20-24)26-13-7-8-14-28(26)32(29)30-19-23(21-9-3-1-4-10-21)15-17-25(30)22-11-5-2-6-12-22;1-3-11-22(12-4-1)24-19-20-25(23-13-5-2-6-14-23)30(21-24)31-28-17-9-7-15-26(28)27-16-8-10-18-29(27)31/h1-20H;1-21H. The molecule has 0 N–H and O–H groups in total. The van der Waals surface area contributed by atoms with Crippen molar-refractivity contribution in [2.45, 2.75) is 0 Å². The van der Waals surface area contributed by atoms with Crippen molar-refractivity contribution in [3.63, 3.8) is 0 Å². The lowest BCUT2D eigenvalue weighted by Crippen LogP contribution is -1.98. The van der Waals surface area contributed by atoms with Gasteiger partial charge < -0.3 is 9.13 Å². The van der Waals surface area contributed by atoms with Crippen LogP contribution in [0, 0.1) is 0 Å². The normalized spacial score (nSPS) is 11.3. The third-order valence-corrected chi connectivity index (χ3v) is 12.6. The number of para-hydroxylation sites is 3. The van der Waals surface area contributed by atoms with Gasteiger partial charge in [0.1, 0.15) is 0 Å². The van der Waals surface area contributed by atoms with E-state index in [1.807, 2.05) is 0 Å². The van der Waals surface area contributed by atoms with Crippen molar-refractivity contribution < 1.29 is 0 Å². The van der Waals surface area contributed by atoms with E-state index in [4.69, 9.17) is 0 Å². The van der Waals surface area contributed by atoms with Crippen LogP contribution in [0.1, 0.15) is 0 Å². The molecule has 298 valence electrons. The van der Waals surface area contributed by atoms with Gasteiger partial charge in [-0.05, 0) is 81.9 Å². The molecule has 0 bridgehead atoms. The van der Waals surface area contributed by atoms with Crippen molar-refractivity contribution >= 4 is 59.5 Å². The van der Waals surface area contributed by atoms with Gasteiger partial charge in [0, 0.05) is 37.1 Å². The lowest BCUT2D eigenvalue weighted by atomic mass is 9.98. The van der Waals surface area contributed by atoms with Gasteiger partial charge >= 0.3 is 0 Å². The summed E-state index contributed by atoms with van der Waals surface area (Å²) in [5.41, 5.74) is 17.0. The molecule has 10 aromatic carbocycles. The van der Waals surface area contributed by atoms with Crippen molar-refractivity contribution in [3.05, 3.63) is 253 Å². The molecule has 0 aliphatic heterocycles. The van der Waals surface area contributed by atoms with E-state index in [2.05, 4.69) is 274 Å². The summed E-state index contributed by atoms with van der Waals surface area (Å²) in [5, 5.41) is 5.07. The quantitative estimate of drug-likeness (QED) is 0.158. The SMILES string of the molecule is Brc1ccc2c(c1)c1ccccc1n2-c1cc(-c2ccccc2)ccc1-c1ccccc1.c1ccc(-c2ccc(-c3ccccc3)c(-n3c4ccccc4c4ccccc43)c2)cc1. The van der Waals surface area contributed by atoms with E-state index in [9.17, 15) is 0 Å². The summed E-state index contributed by atoms with van der Waals surface area (Å²) >= 11 is 3.67. The van der Waals surface area contributed by atoms with Crippen molar-refractivity contribution in [2.24, 2.45) is 0 Å². The fraction of sp³-hybridized carbons (Fsp3) is 0. The first-order chi connectivity index (χ1) is 31.2. The predicted octanol–water partition coefficient (Wildman–Crippen LogP) is 17.0. The summed E-state index contributed by atoms with van der Waals surface area (Å²) in [6.45, 7) is 0. The summed E-state index contributed by atoms with van der Waals surface area (Å²) in [4.78, 5) is 0. The van der Waals surface area contributed by atoms with Gasteiger partial charge in [0.05, 0.1) is 33.4 Å². The van der Waals surface area contributed by atoms with E-state index >= 15 is 0 Å². The third-order valence-electron chi connectivity index (χ3n) is 12.1. The number of rotatable bonds is 6. The van der Waals surface area contributed by atoms with E-state index in [1.54, 1.807) is 0 Å². The van der Waals surface area contributed by atoms with Gasteiger partial charge in [0.2, 0.25) is 0 Å². The molecule has 12 aromatic rings. The summed E-state index contributed by atoms with van der Waals surface area (Å²) in [7, 11) is 0. The summed E-state index contributed by atoms with van der Waals surface area (Å²) in [5.74, 6) is 0. The average Bonchev–Trinajstić information content (AvgIpc) is 3.87.